The molecule has 0 radical (unpaired) electrons. The number of rotatable bonds is 10. The summed E-state index contributed by atoms with van der Waals surface area (Å²) in [7, 11) is 3.01. The molecule has 0 aliphatic heterocycles. The highest BCUT2D eigenvalue weighted by Crippen LogP contribution is 2.32. The molecule has 8 heteroatoms. The van der Waals surface area contributed by atoms with Gasteiger partial charge in [0.15, 0.2) is 6.10 Å². The zero-order valence-corrected chi connectivity index (χ0v) is 16.6. The van der Waals surface area contributed by atoms with Crippen LogP contribution in [0.4, 0.5) is 11.4 Å². The van der Waals surface area contributed by atoms with Crippen LogP contribution in [0.5, 0.6) is 17.2 Å². The molecule has 0 bridgehead atoms. The molecule has 2 aromatic carbocycles. The van der Waals surface area contributed by atoms with Gasteiger partial charge >= 0.3 is 5.97 Å². The summed E-state index contributed by atoms with van der Waals surface area (Å²) in [5.74, 6) is 0.597. The Morgan fingerprint density at radius 3 is 2.45 bits per heavy atom. The number of phenolic OH excluding ortho intramolecular Hbond substituents is 1. The van der Waals surface area contributed by atoms with E-state index in [4.69, 9.17) is 18.9 Å². The van der Waals surface area contributed by atoms with E-state index in [0.29, 0.717) is 28.4 Å². The van der Waals surface area contributed by atoms with Gasteiger partial charge in [0.25, 0.3) is 0 Å². The number of hydrogen-bond donors (Lipinski definition) is 1. The lowest BCUT2D eigenvalue weighted by Crippen LogP contribution is -2.29. The Balaban J connectivity index is 1.97. The molecule has 0 aliphatic rings. The number of benzene rings is 2. The average molecular weight is 400 g/mol. The summed E-state index contributed by atoms with van der Waals surface area (Å²) in [4.78, 5) is 11.7. The highest BCUT2D eigenvalue weighted by Gasteiger charge is 2.16. The third-order valence-electron chi connectivity index (χ3n) is 3.68. The van der Waals surface area contributed by atoms with Crippen LogP contribution in [0, 0.1) is 0 Å². The van der Waals surface area contributed by atoms with Gasteiger partial charge in [-0.3, -0.25) is 0 Å². The molecule has 1 unspecified atom stereocenters. The summed E-state index contributed by atoms with van der Waals surface area (Å²) < 4.78 is 21.1. The zero-order valence-electron chi connectivity index (χ0n) is 16.6. The monoisotopic (exact) mass is 400 g/mol. The first-order valence-electron chi connectivity index (χ1n) is 8.80. The third-order valence-corrected chi connectivity index (χ3v) is 3.68. The topological polar surface area (TPSA) is 98.9 Å². The molecule has 8 nitrogen and oxygen atoms in total. The molecule has 29 heavy (non-hydrogen) atoms. The molecule has 0 saturated carbocycles. The van der Waals surface area contributed by atoms with Crippen LogP contribution in [0.2, 0.25) is 0 Å². The summed E-state index contributed by atoms with van der Waals surface area (Å²) in [5.41, 5.74) is 1.41. The predicted octanol–water partition coefficient (Wildman–Crippen LogP) is 4.33. The largest absolute Gasteiger partial charge is 0.508 e. The van der Waals surface area contributed by atoms with Crippen molar-refractivity contribution in [1.29, 1.82) is 0 Å². The molecular weight excluding hydrogens is 376 g/mol. The summed E-state index contributed by atoms with van der Waals surface area (Å²) in [6.45, 7) is 5.48. The summed E-state index contributed by atoms with van der Waals surface area (Å²) in [6, 6.07) is 11.5. The molecule has 0 aliphatic carbocycles. The fourth-order valence-corrected chi connectivity index (χ4v) is 2.21. The van der Waals surface area contributed by atoms with Gasteiger partial charge in [-0.1, -0.05) is 6.58 Å². The molecular formula is C21H24N2O6. The predicted molar refractivity (Wildman–Crippen MR) is 107 cm³/mol. The first kappa shape index (κ1) is 21.9. The number of aromatic hydroxyl groups is 1. The van der Waals surface area contributed by atoms with E-state index >= 15 is 0 Å². The van der Waals surface area contributed by atoms with Crippen molar-refractivity contribution in [2.45, 2.75) is 13.0 Å². The quantitative estimate of drug-likeness (QED) is 0.362. The fourth-order valence-electron chi connectivity index (χ4n) is 2.21. The first-order chi connectivity index (χ1) is 13.9. The van der Waals surface area contributed by atoms with Gasteiger partial charge in [-0.2, -0.15) is 5.11 Å². The van der Waals surface area contributed by atoms with Gasteiger partial charge in [0, 0.05) is 18.7 Å². The van der Waals surface area contributed by atoms with Crippen molar-refractivity contribution in [3.8, 4) is 17.2 Å². The van der Waals surface area contributed by atoms with Gasteiger partial charge in [-0.15, -0.1) is 5.11 Å². The molecule has 0 spiro atoms. The lowest BCUT2D eigenvalue weighted by atomic mass is 10.3. The zero-order chi connectivity index (χ0) is 21.2. The second-order valence-corrected chi connectivity index (χ2v) is 6.12. The van der Waals surface area contributed by atoms with Gasteiger partial charge < -0.3 is 24.1 Å². The third kappa shape index (κ3) is 6.93. The number of esters is 1. The van der Waals surface area contributed by atoms with E-state index in [0.717, 1.165) is 0 Å². The lowest BCUT2D eigenvalue weighted by molar-refractivity contribution is -0.148. The molecule has 0 saturated heterocycles. The van der Waals surface area contributed by atoms with Crippen LogP contribution in [0.15, 0.2) is 64.8 Å². The van der Waals surface area contributed by atoms with Gasteiger partial charge in [0.2, 0.25) is 0 Å². The number of hydrogen-bond acceptors (Lipinski definition) is 8. The molecule has 2 rings (SSSR count). The fraction of sp³-hybridized carbons (Fsp3) is 0.286. The first-order valence-corrected chi connectivity index (χ1v) is 8.80. The molecule has 0 fully saturated rings. The molecule has 0 aromatic heterocycles. The number of carbonyl (C=O) groups is 1. The maximum atomic E-state index is 11.7. The molecule has 0 amide bonds. The molecule has 154 valence electrons. The van der Waals surface area contributed by atoms with E-state index in [1.165, 1.54) is 26.4 Å². The SMILES string of the molecule is C=C(C)C(=O)OC(COC)COc1ccc(N=Nc2ccc(O)cc2OC)cc1. The van der Waals surface area contributed by atoms with Gasteiger partial charge in [0.1, 0.15) is 29.5 Å². The number of azo groups is 1. The van der Waals surface area contributed by atoms with Crippen molar-refractivity contribution in [3.63, 3.8) is 0 Å². The molecule has 1 N–H and O–H groups in total. The van der Waals surface area contributed by atoms with Crippen molar-refractivity contribution >= 4 is 17.3 Å². The van der Waals surface area contributed by atoms with Crippen LogP contribution in [0.1, 0.15) is 6.92 Å². The summed E-state index contributed by atoms with van der Waals surface area (Å²) >= 11 is 0. The van der Waals surface area contributed by atoms with Crippen molar-refractivity contribution in [3.05, 3.63) is 54.6 Å². The van der Waals surface area contributed by atoms with E-state index < -0.39 is 12.1 Å². The Bertz CT molecular complexity index is 864. The highest BCUT2D eigenvalue weighted by molar-refractivity contribution is 5.87. The number of carbonyl (C=O) groups excluding carboxylic acids is 1. The van der Waals surface area contributed by atoms with Crippen LogP contribution >= 0.6 is 0 Å². The minimum Gasteiger partial charge on any atom is -0.508 e. The van der Waals surface area contributed by atoms with Crippen molar-refractivity contribution < 1.29 is 28.8 Å². The van der Waals surface area contributed by atoms with Crippen molar-refractivity contribution in [2.24, 2.45) is 10.2 Å². The minimum absolute atomic E-state index is 0.0861. The van der Waals surface area contributed by atoms with Crippen LogP contribution < -0.4 is 9.47 Å². The number of ether oxygens (including phenoxy) is 4. The Kier molecular flexibility index (Phi) is 8.17. The van der Waals surface area contributed by atoms with Crippen LogP contribution in [0.25, 0.3) is 0 Å². The van der Waals surface area contributed by atoms with Crippen molar-refractivity contribution in [1.82, 2.24) is 0 Å². The van der Waals surface area contributed by atoms with E-state index in [2.05, 4.69) is 16.8 Å². The average Bonchev–Trinajstić information content (AvgIpc) is 2.71. The van der Waals surface area contributed by atoms with Gasteiger partial charge in [-0.25, -0.2) is 4.79 Å². The van der Waals surface area contributed by atoms with Crippen LogP contribution in [-0.2, 0) is 14.3 Å². The lowest BCUT2D eigenvalue weighted by Gasteiger charge is -2.17. The smallest absolute Gasteiger partial charge is 0.333 e. The van der Waals surface area contributed by atoms with E-state index in [9.17, 15) is 9.90 Å². The van der Waals surface area contributed by atoms with Crippen LogP contribution in [0.3, 0.4) is 0 Å². The minimum atomic E-state index is -0.550. The van der Waals surface area contributed by atoms with E-state index in [1.54, 1.807) is 37.3 Å². The Morgan fingerprint density at radius 2 is 1.83 bits per heavy atom. The number of nitrogens with zero attached hydrogens (tertiary/aromatic N) is 2. The number of methoxy groups -OCH3 is 2. The van der Waals surface area contributed by atoms with Crippen molar-refractivity contribution in [2.75, 3.05) is 27.4 Å². The molecule has 1 atom stereocenters. The second kappa shape index (κ2) is 10.8. The molecule has 0 heterocycles. The highest BCUT2D eigenvalue weighted by atomic mass is 16.6. The van der Waals surface area contributed by atoms with Gasteiger partial charge in [-0.05, 0) is 43.3 Å². The number of phenols is 1. The van der Waals surface area contributed by atoms with Crippen LogP contribution in [-0.4, -0.2) is 44.6 Å². The Hall–Kier alpha value is -3.39. The Labute approximate surface area is 169 Å². The van der Waals surface area contributed by atoms with E-state index in [1.807, 2.05) is 0 Å². The maximum absolute atomic E-state index is 11.7. The second-order valence-electron chi connectivity index (χ2n) is 6.12. The standard InChI is InChI=1S/C21H24N2O6/c1-14(2)21(25)29-18(12-26-3)13-28-17-8-5-15(6-9-17)22-23-19-10-7-16(24)11-20(19)27-4/h5-11,18,24H,1,12-13H2,2-4H3. The molecule has 2 aromatic rings. The van der Waals surface area contributed by atoms with Gasteiger partial charge in [0.05, 0.1) is 19.4 Å². The maximum Gasteiger partial charge on any atom is 0.333 e. The summed E-state index contributed by atoms with van der Waals surface area (Å²) in [6.07, 6.45) is -0.550. The normalized spacial score (nSPS) is 11.8. The Morgan fingerprint density at radius 1 is 1.10 bits per heavy atom. The van der Waals surface area contributed by atoms with E-state index in [-0.39, 0.29) is 19.0 Å². The summed E-state index contributed by atoms with van der Waals surface area (Å²) in [5, 5.41) is 17.8.